The molecule has 1 aromatic heterocycles. The minimum absolute atomic E-state index is 0.145. The van der Waals surface area contributed by atoms with Crippen molar-refractivity contribution in [1.82, 2.24) is 10.2 Å². The van der Waals surface area contributed by atoms with Crippen molar-refractivity contribution in [2.24, 2.45) is 11.3 Å². The van der Waals surface area contributed by atoms with Crippen LogP contribution in [0.3, 0.4) is 0 Å². The van der Waals surface area contributed by atoms with Crippen molar-refractivity contribution in [3.63, 3.8) is 0 Å². The maximum absolute atomic E-state index is 12.2. The van der Waals surface area contributed by atoms with E-state index in [2.05, 4.69) is 48.5 Å². The van der Waals surface area contributed by atoms with E-state index in [0.29, 0.717) is 30.6 Å². The average Bonchev–Trinajstić information content (AvgIpc) is 3.06. The van der Waals surface area contributed by atoms with Crippen LogP contribution in [-0.4, -0.2) is 23.5 Å². The Kier molecular flexibility index (Phi) is 3.63. The summed E-state index contributed by atoms with van der Waals surface area (Å²) in [5.74, 6) is 0.684. The van der Waals surface area contributed by atoms with Gasteiger partial charge in [0.2, 0.25) is 5.91 Å². The van der Waals surface area contributed by atoms with Gasteiger partial charge in [0.1, 0.15) is 0 Å². The summed E-state index contributed by atoms with van der Waals surface area (Å²) in [6.07, 6.45) is 3.38. The average molecular weight is 292 g/mol. The number of rotatable bonds is 4. The van der Waals surface area contributed by atoms with Gasteiger partial charge in [-0.25, -0.2) is 0 Å². The summed E-state index contributed by atoms with van der Waals surface area (Å²) >= 11 is 1.79. The predicted molar refractivity (Wildman–Crippen MR) is 82.5 cm³/mol. The fraction of sp³-hybridized carbons (Fsp3) is 0.688. The van der Waals surface area contributed by atoms with Crippen LogP contribution >= 0.6 is 11.3 Å². The van der Waals surface area contributed by atoms with Gasteiger partial charge in [0.25, 0.3) is 0 Å². The van der Waals surface area contributed by atoms with Gasteiger partial charge in [0.05, 0.1) is 6.67 Å². The van der Waals surface area contributed by atoms with Crippen molar-refractivity contribution in [3.8, 4) is 0 Å². The first-order valence-corrected chi connectivity index (χ1v) is 8.42. The fourth-order valence-electron chi connectivity index (χ4n) is 3.57. The van der Waals surface area contributed by atoms with Gasteiger partial charge in [0, 0.05) is 22.9 Å². The number of nitrogens with zero attached hydrogens (tertiary/aromatic N) is 1. The van der Waals surface area contributed by atoms with Crippen LogP contribution in [0.15, 0.2) is 17.5 Å². The first kappa shape index (κ1) is 14.1. The van der Waals surface area contributed by atoms with Gasteiger partial charge in [0.15, 0.2) is 0 Å². The number of fused-ring (bicyclic) bond motifs is 2. The molecule has 0 spiro atoms. The number of hydrogen-bond acceptors (Lipinski definition) is 3. The largest absolute Gasteiger partial charge is 0.327 e. The zero-order valence-electron chi connectivity index (χ0n) is 12.6. The van der Waals surface area contributed by atoms with Crippen LogP contribution in [0.1, 0.15) is 51.0 Å². The number of carbonyl (C=O) groups is 1. The Morgan fingerprint density at radius 1 is 1.45 bits per heavy atom. The van der Waals surface area contributed by atoms with Crippen LogP contribution in [-0.2, 0) is 4.79 Å². The standard InChI is InChI=1S/C16H24N2OS/c1-16(2,3)14(13-5-4-8-20-13)17-10-18-12-7-6-11(9-12)15(18)19/h4-5,8,11-12,14,17H,6-7,9-10H2,1-3H3. The highest BCUT2D eigenvalue weighted by Gasteiger charge is 2.44. The van der Waals surface area contributed by atoms with Crippen molar-refractivity contribution >= 4 is 17.2 Å². The van der Waals surface area contributed by atoms with E-state index >= 15 is 0 Å². The molecule has 0 radical (unpaired) electrons. The van der Waals surface area contributed by atoms with Crippen LogP contribution in [0.5, 0.6) is 0 Å². The van der Waals surface area contributed by atoms with Gasteiger partial charge >= 0.3 is 0 Å². The van der Waals surface area contributed by atoms with E-state index in [9.17, 15) is 4.79 Å². The summed E-state index contributed by atoms with van der Waals surface area (Å²) < 4.78 is 0. The van der Waals surface area contributed by atoms with Crippen LogP contribution < -0.4 is 5.32 Å². The van der Waals surface area contributed by atoms with E-state index < -0.39 is 0 Å². The SMILES string of the molecule is CC(C)(C)C(NCN1C(=O)C2CCC1C2)c1cccs1. The third-order valence-corrected chi connectivity index (χ3v) is 5.57. The van der Waals surface area contributed by atoms with E-state index in [0.717, 1.165) is 12.8 Å². The second-order valence-corrected chi connectivity index (χ2v) is 8.13. The zero-order valence-corrected chi connectivity index (χ0v) is 13.4. The second kappa shape index (κ2) is 5.15. The number of carbonyl (C=O) groups excluding carboxylic acids is 1. The maximum Gasteiger partial charge on any atom is 0.227 e. The van der Waals surface area contributed by atoms with Gasteiger partial charge in [-0.3, -0.25) is 10.1 Å². The molecule has 1 N–H and O–H groups in total. The molecule has 4 heteroatoms. The van der Waals surface area contributed by atoms with Crippen LogP contribution in [0.4, 0.5) is 0 Å². The molecule has 1 aromatic rings. The monoisotopic (exact) mass is 292 g/mol. The Bertz CT molecular complexity index is 477. The Labute approximate surface area is 125 Å². The normalized spacial score (nSPS) is 27.4. The number of amides is 1. The minimum atomic E-state index is 0.145. The molecule has 0 aromatic carbocycles. The highest BCUT2D eigenvalue weighted by molar-refractivity contribution is 7.10. The maximum atomic E-state index is 12.2. The summed E-state index contributed by atoms with van der Waals surface area (Å²) in [5, 5.41) is 5.76. The molecule has 1 aliphatic heterocycles. The molecule has 2 aliphatic rings. The molecule has 1 amide bonds. The number of thiophene rings is 1. The molecule has 2 heterocycles. The van der Waals surface area contributed by atoms with Crippen molar-refractivity contribution in [3.05, 3.63) is 22.4 Å². The number of likely N-dealkylation sites (tertiary alicyclic amines) is 1. The zero-order chi connectivity index (χ0) is 14.3. The Balaban J connectivity index is 1.68. The fourth-order valence-corrected chi connectivity index (χ4v) is 4.61. The molecule has 3 nitrogen and oxygen atoms in total. The van der Waals surface area contributed by atoms with E-state index in [4.69, 9.17) is 0 Å². The van der Waals surface area contributed by atoms with Gasteiger partial charge < -0.3 is 4.90 Å². The second-order valence-electron chi connectivity index (χ2n) is 7.15. The predicted octanol–water partition coefficient (Wildman–Crippen LogP) is 3.39. The smallest absolute Gasteiger partial charge is 0.227 e. The van der Waals surface area contributed by atoms with Crippen molar-refractivity contribution in [2.45, 2.75) is 52.1 Å². The molecule has 3 unspecified atom stereocenters. The van der Waals surface area contributed by atoms with Crippen LogP contribution in [0, 0.1) is 11.3 Å². The summed E-state index contributed by atoms with van der Waals surface area (Å²) in [5.41, 5.74) is 0.145. The van der Waals surface area contributed by atoms with E-state index in [1.807, 2.05) is 0 Å². The third kappa shape index (κ3) is 2.51. The van der Waals surface area contributed by atoms with Crippen LogP contribution in [0.2, 0.25) is 0 Å². The molecule has 3 rings (SSSR count). The van der Waals surface area contributed by atoms with Crippen LogP contribution in [0.25, 0.3) is 0 Å². The lowest BCUT2D eigenvalue weighted by Crippen LogP contribution is -2.46. The van der Waals surface area contributed by atoms with E-state index in [1.54, 1.807) is 11.3 Å². The number of piperidine rings is 1. The first-order valence-electron chi connectivity index (χ1n) is 7.54. The molecule has 1 saturated heterocycles. The van der Waals surface area contributed by atoms with Crippen molar-refractivity contribution in [2.75, 3.05) is 6.67 Å². The van der Waals surface area contributed by atoms with Gasteiger partial charge in [-0.1, -0.05) is 26.8 Å². The van der Waals surface area contributed by atoms with Crippen molar-refractivity contribution in [1.29, 1.82) is 0 Å². The molecular formula is C16H24N2OS. The molecule has 2 fully saturated rings. The highest BCUT2D eigenvalue weighted by Crippen LogP contribution is 2.39. The molecule has 20 heavy (non-hydrogen) atoms. The van der Waals surface area contributed by atoms with E-state index in [-0.39, 0.29) is 5.41 Å². The van der Waals surface area contributed by atoms with E-state index in [1.165, 1.54) is 11.3 Å². The lowest BCUT2D eigenvalue weighted by atomic mass is 9.86. The summed E-state index contributed by atoms with van der Waals surface area (Å²) in [6, 6.07) is 5.08. The topological polar surface area (TPSA) is 32.3 Å². The molecule has 1 saturated carbocycles. The third-order valence-electron chi connectivity index (χ3n) is 4.64. The number of nitrogens with one attached hydrogen (secondary N) is 1. The summed E-state index contributed by atoms with van der Waals surface area (Å²) in [4.78, 5) is 15.6. The molecule has 2 bridgehead atoms. The Morgan fingerprint density at radius 3 is 2.80 bits per heavy atom. The molecular weight excluding hydrogens is 268 g/mol. The first-order chi connectivity index (χ1) is 9.47. The van der Waals surface area contributed by atoms with Gasteiger partial charge in [-0.15, -0.1) is 11.3 Å². The molecule has 1 aliphatic carbocycles. The van der Waals surface area contributed by atoms with Gasteiger partial charge in [-0.2, -0.15) is 0 Å². The Hall–Kier alpha value is -0.870. The highest BCUT2D eigenvalue weighted by atomic mass is 32.1. The minimum Gasteiger partial charge on any atom is -0.327 e. The van der Waals surface area contributed by atoms with Crippen molar-refractivity contribution < 1.29 is 4.79 Å². The quantitative estimate of drug-likeness (QED) is 0.922. The van der Waals surface area contributed by atoms with Gasteiger partial charge in [-0.05, 0) is 36.1 Å². The molecule has 110 valence electrons. The molecule has 3 atom stereocenters. The number of hydrogen-bond donors (Lipinski definition) is 1. The lowest BCUT2D eigenvalue weighted by molar-refractivity contribution is -0.134. The summed E-state index contributed by atoms with van der Waals surface area (Å²) in [7, 11) is 0. The summed E-state index contributed by atoms with van der Waals surface area (Å²) in [6.45, 7) is 7.45. The lowest BCUT2D eigenvalue weighted by Gasteiger charge is -2.35. The Morgan fingerprint density at radius 2 is 2.25 bits per heavy atom.